The van der Waals surface area contributed by atoms with Crippen LogP contribution in [0.25, 0.3) is 0 Å². The molecule has 0 aliphatic carbocycles. The van der Waals surface area contributed by atoms with Gasteiger partial charge in [-0.1, -0.05) is 66.0 Å². The molecule has 2 amide bonds. The molecule has 1 atom stereocenters. The highest BCUT2D eigenvalue weighted by Crippen LogP contribution is 2.23. The Morgan fingerprint density at radius 3 is 2.37 bits per heavy atom. The van der Waals surface area contributed by atoms with Crippen LogP contribution in [0.1, 0.15) is 50.8 Å². The van der Waals surface area contributed by atoms with Gasteiger partial charge >= 0.3 is 0 Å². The number of amides is 2. The summed E-state index contributed by atoms with van der Waals surface area (Å²) in [7, 11) is 0. The number of benzene rings is 2. The highest BCUT2D eigenvalue weighted by Gasteiger charge is 2.30. The van der Waals surface area contributed by atoms with Gasteiger partial charge in [0, 0.05) is 22.1 Å². The molecule has 0 heterocycles. The average molecular weight is 449 g/mol. The van der Waals surface area contributed by atoms with E-state index in [9.17, 15) is 9.59 Å². The Balaban J connectivity index is 2.35. The molecular formula is C24H30Cl2N2O2. The van der Waals surface area contributed by atoms with Crippen molar-refractivity contribution in [2.45, 2.75) is 65.6 Å². The van der Waals surface area contributed by atoms with Crippen LogP contribution in [0, 0.1) is 6.92 Å². The number of hydrogen-bond donors (Lipinski definition) is 1. The molecule has 30 heavy (non-hydrogen) atoms. The lowest BCUT2D eigenvalue weighted by molar-refractivity contribution is -0.141. The Labute approximate surface area is 189 Å². The van der Waals surface area contributed by atoms with Gasteiger partial charge in [-0.3, -0.25) is 9.59 Å². The highest BCUT2D eigenvalue weighted by atomic mass is 35.5. The molecule has 4 nitrogen and oxygen atoms in total. The van der Waals surface area contributed by atoms with Crippen molar-refractivity contribution in [1.29, 1.82) is 0 Å². The number of nitrogens with one attached hydrogen (secondary N) is 1. The SMILES string of the molecule is CCC(C(=O)NC(C)(C)C)N(Cc1cccc(C)c1)C(=O)Cc1ccc(Cl)cc1Cl. The van der Waals surface area contributed by atoms with Crippen LogP contribution in [-0.4, -0.2) is 28.3 Å². The van der Waals surface area contributed by atoms with E-state index in [1.807, 2.05) is 58.9 Å². The first-order chi connectivity index (χ1) is 14.0. The van der Waals surface area contributed by atoms with E-state index in [2.05, 4.69) is 5.32 Å². The van der Waals surface area contributed by atoms with Gasteiger partial charge in [0.05, 0.1) is 6.42 Å². The first kappa shape index (κ1) is 24.2. The van der Waals surface area contributed by atoms with Crippen molar-refractivity contribution in [3.63, 3.8) is 0 Å². The summed E-state index contributed by atoms with van der Waals surface area (Å²) >= 11 is 12.3. The first-order valence-electron chi connectivity index (χ1n) is 10.1. The number of aryl methyl sites for hydroxylation is 1. The highest BCUT2D eigenvalue weighted by molar-refractivity contribution is 6.35. The standard InChI is InChI=1S/C24H30Cl2N2O2/c1-6-21(23(30)27-24(3,4)5)28(15-17-9-7-8-16(2)12-17)22(29)13-18-10-11-19(25)14-20(18)26/h7-12,14,21H,6,13,15H2,1-5H3,(H,27,30). The van der Waals surface area contributed by atoms with Crippen LogP contribution in [0.4, 0.5) is 0 Å². The molecule has 1 N–H and O–H groups in total. The van der Waals surface area contributed by atoms with Crippen molar-refractivity contribution in [2.75, 3.05) is 0 Å². The molecule has 0 aliphatic heterocycles. The summed E-state index contributed by atoms with van der Waals surface area (Å²) in [6.07, 6.45) is 0.606. The van der Waals surface area contributed by atoms with E-state index >= 15 is 0 Å². The van der Waals surface area contributed by atoms with E-state index in [1.165, 1.54) is 0 Å². The second kappa shape index (κ2) is 10.3. The van der Waals surface area contributed by atoms with Crippen LogP contribution < -0.4 is 5.32 Å². The lowest BCUT2D eigenvalue weighted by Crippen LogP contribution is -2.53. The Hall–Kier alpha value is -2.04. The summed E-state index contributed by atoms with van der Waals surface area (Å²) in [5, 5.41) is 3.97. The minimum atomic E-state index is -0.580. The monoisotopic (exact) mass is 448 g/mol. The van der Waals surface area contributed by atoms with E-state index in [-0.39, 0.29) is 23.8 Å². The van der Waals surface area contributed by atoms with Gasteiger partial charge in [-0.2, -0.15) is 0 Å². The van der Waals surface area contributed by atoms with Crippen LogP contribution in [0.2, 0.25) is 10.0 Å². The molecule has 0 aromatic heterocycles. The molecule has 0 aliphatic rings. The van der Waals surface area contributed by atoms with Crippen molar-refractivity contribution < 1.29 is 9.59 Å². The second-order valence-corrected chi connectivity index (χ2v) is 9.43. The predicted molar refractivity (Wildman–Crippen MR) is 124 cm³/mol. The molecule has 0 radical (unpaired) electrons. The van der Waals surface area contributed by atoms with Crippen LogP contribution in [0.3, 0.4) is 0 Å². The molecule has 0 saturated carbocycles. The van der Waals surface area contributed by atoms with E-state index in [4.69, 9.17) is 23.2 Å². The Morgan fingerprint density at radius 2 is 1.80 bits per heavy atom. The van der Waals surface area contributed by atoms with Crippen molar-refractivity contribution in [2.24, 2.45) is 0 Å². The van der Waals surface area contributed by atoms with E-state index in [0.717, 1.165) is 11.1 Å². The number of nitrogens with zero attached hydrogens (tertiary/aromatic N) is 1. The van der Waals surface area contributed by atoms with Gasteiger partial charge in [0.15, 0.2) is 0 Å². The fourth-order valence-electron chi connectivity index (χ4n) is 3.31. The smallest absolute Gasteiger partial charge is 0.243 e. The minimum Gasteiger partial charge on any atom is -0.350 e. The van der Waals surface area contributed by atoms with Crippen molar-refractivity contribution in [1.82, 2.24) is 10.2 Å². The Bertz CT molecular complexity index is 906. The molecule has 0 saturated heterocycles. The first-order valence-corrected chi connectivity index (χ1v) is 10.9. The summed E-state index contributed by atoms with van der Waals surface area (Å²) in [5.74, 6) is -0.315. The van der Waals surface area contributed by atoms with Gasteiger partial charge in [-0.25, -0.2) is 0 Å². The van der Waals surface area contributed by atoms with Crippen molar-refractivity contribution in [3.05, 3.63) is 69.2 Å². The lowest BCUT2D eigenvalue weighted by Gasteiger charge is -2.33. The van der Waals surface area contributed by atoms with Crippen molar-refractivity contribution in [3.8, 4) is 0 Å². The second-order valence-electron chi connectivity index (χ2n) is 8.59. The van der Waals surface area contributed by atoms with E-state index < -0.39 is 6.04 Å². The fraction of sp³-hybridized carbons (Fsp3) is 0.417. The molecule has 1 unspecified atom stereocenters. The van der Waals surface area contributed by atoms with Gasteiger partial charge in [0.25, 0.3) is 0 Å². The molecule has 2 aromatic rings. The lowest BCUT2D eigenvalue weighted by atomic mass is 10.0. The maximum absolute atomic E-state index is 13.4. The van der Waals surface area contributed by atoms with Gasteiger partial charge in [-0.05, 0) is 57.4 Å². The summed E-state index contributed by atoms with van der Waals surface area (Å²) in [4.78, 5) is 28.0. The fourth-order valence-corrected chi connectivity index (χ4v) is 3.78. The molecule has 0 bridgehead atoms. The summed E-state index contributed by atoms with van der Waals surface area (Å²) < 4.78 is 0. The van der Waals surface area contributed by atoms with Crippen molar-refractivity contribution >= 4 is 35.0 Å². The van der Waals surface area contributed by atoms with E-state index in [1.54, 1.807) is 23.1 Å². The maximum Gasteiger partial charge on any atom is 0.243 e. The average Bonchev–Trinajstić information content (AvgIpc) is 2.62. The third kappa shape index (κ3) is 7.03. The minimum absolute atomic E-state index is 0.0983. The van der Waals surface area contributed by atoms with Crippen LogP contribution in [0.15, 0.2) is 42.5 Å². The molecule has 2 aromatic carbocycles. The molecule has 0 spiro atoms. The summed E-state index contributed by atoms with van der Waals surface area (Å²) in [6.45, 7) is 10.1. The molecular weight excluding hydrogens is 419 g/mol. The Kier molecular flexibility index (Phi) is 8.34. The number of rotatable bonds is 7. The molecule has 6 heteroatoms. The zero-order chi connectivity index (χ0) is 22.5. The van der Waals surface area contributed by atoms with Gasteiger partial charge in [0.2, 0.25) is 11.8 Å². The van der Waals surface area contributed by atoms with Crippen LogP contribution in [-0.2, 0) is 22.6 Å². The maximum atomic E-state index is 13.4. The summed E-state index contributed by atoms with van der Waals surface area (Å²) in [6, 6.07) is 12.5. The zero-order valence-electron chi connectivity index (χ0n) is 18.3. The van der Waals surface area contributed by atoms with Crippen LogP contribution in [0.5, 0.6) is 0 Å². The van der Waals surface area contributed by atoms with E-state index in [0.29, 0.717) is 28.6 Å². The van der Waals surface area contributed by atoms with Gasteiger partial charge < -0.3 is 10.2 Å². The topological polar surface area (TPSA) is 49.4 Å². The molecule has 0 fully saturated rings. The third-order valence-electron chi connectivity index (χ3n) is 4.68. The number of carbonyl (C=O) groups excluding carboxylic acids is 2. The normalized spacial score (nSPS) is 12.4. The summed E-state index contributed by atoms with van der Waals surface area (Å²) in [5.41, 5.74) is 2.38. The number of halogens is 2. The number of carbonyl (C=O) groups is 2. The third-order valence-corrected chi connectivity index (χ3v) is 5.26. The largest absolute Gasteiger partial charge is 0.350 e. The van der Waals surface area contributed by atoms with Crippen LogP contribution >= 0.6 is 23.2 Å². The molecule has 162 valence electrons. The number of hydrogen-bond acceptors (Lipinski definition) is 2. The predicted octanol–water partition coefficient (Wildman–Crippen LogP) is 5.57. The van der Waals surface area contributed by atoms with Gasteiger partial charge in [-0.15, -0.1) is 0 Å². The van der Waals surface area contributed by atoms with Gasteiger partial charge in [0.1, 0.15) is 6.04 Å². The quantitative estimate of drug-likeness (QED) is 0.601. The zero-order valence-corrected chi connectivity index (χ0v) is 19.8. The molecule has 2 rings (SSSR count). The Morgan fingerprint density at radius 1 is 1.10 bits per heavy atom.